The summed E-state index contributed by atoms with van der Waals surface area (Å²) in [5.41, 5.74) is 1.57. The largest absolute Gasteiger partial charge is 0.488 e. The molecule has 0 aliphatic carbocycles. The molecule has 0 saturated carbocycles. The number of nitro benzene ring substituents is 1. The minimum Gasteiger partial charge on any atom is -0.488 e. The minimum absolute atomic E-state index is 0.00920. The van der Waals surface area contributed by atoms with Crippen molar-refractivity contribution in [3.63, 3.8) is 0 Å². The third-order valence-electron chi connectivity index (χ3n) is 4.22. The first kappa shape index (κ1) is 20.5. The number of rotatable bonds is 7. The number of urea groups is 1. The van der Waals surface area contributed by atoms with Crippen LogP contribution in [0.2, 0.25) is 0 Å². The van der Waals surface area contributed by atoms with Gasteiger partial charge in [-0.3, -0.25) is 19.8 Å². The molecule has 0 aromatic heterocycles. The number of hydrogen-bond donors (Lipinski definition) is 1. The van der Waals surface area contributed by atoms with Crippen molar-refractivity contribution >= 4 is 39.6 Å². The van der Waals surface area contributed by atoms with Crippen LogP contribution in [0.25, 0.3) is 6.08 Å². The Balaban J connectivity index is 1.80. The number of carbonyl (C=O) groups excluding carboxylic acids is 2. The van der Waals surface area contributed by atoms with Gasteiger partial charge in [-0.15, -0.1) is 0 Å². The van der Waals surface area contributed by atoms with E-state index in [1.165, 1.54) is 17.0 Å². The second kappa shape index (κ2) is 8.87. The molecule has 3 amide bonds. The van der Waals surface area contributed by atoms with Crippen molar-refractivity contribution in [2.45, 2.75) is 20.0 Å². The molecule has 1 fully saturated rings. The molecule has 1 heterocycles. The second-order valence-electron chi connectivity index (χ2n) is 6.34. The Morgan fingerprint density at radius 1 is 1.21 bits per heavy atom. The lowest BCUT2D eigenvalue weighted by Gasteiger charge is -2.11. The SMILES string of the molecule is CCCN1C(=O)N/C(=C/c2cc(Br)ccc2OCc2ccc([N+](=O)[O-])cc2)C1=O. The molecule has 8 nitrogen and oxygen atoms in total. The van der Waals surface area contributed by atoms with Crippen LogP contribution in [0.5, 0.6) is 5.75 Å². The Morgan fingerprint density at radius 2 is 1.93 bits per heavy atom. The Morgan fingerprint density at radius 3 is 2.59 bits per heavy atom. The fraction of sp³-hybridized carbons (Fsp3) is 0.200. The lowest BCUT2D eigenvalue weighted by molar-refractivity contribution is -0.384. The number of benzene rings is 2. The highest BCUT2D eigenvalue weighted by molar-refractivity contribution is 9.10. The van der Waals surface area contributed by atoms with Gasteiger partial charge in [0.25, 0.3) is 11.6 Å². The molecule has 2 aromatic rings. The number of imide groups is 1. The number of ether oxygens (including phenoxy) is 1. The molecule has 1 saturated heterocycles. The number of hydrogen-bond acceptors (Lipinski definition) is 5. The maximum Gasteiger partial charge on any atom is 0.329 e. The summed E-state index contributed by atoms with van der Waals surface area (Å²) in [7, 11) is 0. The number of non-ortho nitro benzene ring substituents is 1. The number of nitro groups is 1. The summed E-state index contributed by atoms with van der Waals surface area (Å²) in [6, 6.07) is 11.0. The van der Waals surface area contributed by atoms with E-state index >= 15 is 0 Å². The summed E-state index contributed by atoms with van der Waals surface area (Å²) in [4.78, 5) is 35.9. The van der Waals surface area contributed by atoms with Gasteiger partial charge in [-0.2, -0.15) is 0 Å². The van der Waals surface area contributed by atoms with Gasteiger partial charge in [-0.1, -0.05) is 22.9 Å². The van der Waals surface area contributed by atoms with Crippen LogP contribution in [0, 0.1) is 10.1 Å². The maximum atomic E-state index is 12.4. The van der Waals surface area contributed by atoms with Crippen LogP contribution in [-0.2, 0) is 11.4 Å². The van der Waals surface area contributed by atoms with E-state index in [0.29, 0.717) is 24.3 Å². The Labute approximate surface area is 175 Å². The van der Waals surface area contributed by atoms with Crippen LogP contribution in [0.4, 0.5) is 10.5 Å². The zero-order chi connectivity index (χ0) is 21.0. The standard InChI is InChI=1S/C20H18BrN3O5/c1-2-9-23-19(25)17(22-20(23)26)11-14-10-15(21)5-8-18(14)29-12-13-3-6-16(7-4-13)24(27)28/h3-8,10-11H,2,9,12H2,1H3,(H,22,26)/b17-11+. The number of amides is 3. The van der Waals surface area contributed by atoms with E-state index in [1.807, 2.05) is 6.92 Å². The van der Waals surface area contributed by atoms with Crippen molar-refractivity contribution in [3.8, 4) is 5.75 Å². The summed E-state index contributed by atoms with van der Waals surface area (Å²) in [5.74, 6) is 0.133. The van der Waals surface area contributed by atoms with Gasteiger partial charge in [0.15, 0.2) is 0 Å². The first-order chi connectivity index (χ1) is 13.9. The normalized spacial score (nSPS) is 15.0. The fourth-order valence-electron chi connectivity index (χ4n) is 2.79. The molecule has 1 aliphatic rings. The predicted molar refractivity (Wildman–Crippen MR) is 110 cm³/mol. The molecule has 0 unspecified atom stereocenters. The average Bonchev–Trinajstić information content (AvgIpc) is 2.95. The van der Waals surface area contributed by atoms with E-state index < -0.39 is 11.0 Å². The molecule has 2 aromatic carbocycles. The topological polar surface area (TPSA) is 102 Å². The van der Waals surface area contributed by atoms with Gasteiger partial charge in [0.2, 0.25) is 0 Å². The molecule has 29 heavy (non-hydrogen) atoms. The fourth-order valence-corrected chi connectivity index (χ4v) is 3.17. The van der Waals surface area contributed by atoms with Crippen LogP contribution in [0.15, 0.2) is 52.6 Å². The zero-order valence-electron chi connectivity index (χ0n) is 15.6. The van der Waals surface area contributed by atoms with Crippen LogP contribution in [-0.4, -0.2) is 28.3 Å². The van der Waals surface area contributed by atoms with Crippen LogP contribution >= 0.6 is 15.9 Å². The monoisotopic (exact) mass is 459 g/mol. The average molecular weight is 460 g/mol. The van der Waals surface area contributed by atoms with E-state index in [1.54, 1.807) is 36.4 Å². The molecule has 1 N–H and O–H groups in total. The first-order valence-electron chi connectivity index (χ1n) is 8.89. The Kier molecular flexibility index (Phi) is 6.28. The summed E-state index contributed by atoms with van der Waals surface area (Å²) in [6.07, 6.45) is 2.25. The zero-order valence-corrected chi connectivity index (χ0v) is 17.1. The van der Waals surface area contributed by atoms with E-state index in [2.05, 4.69) is 21.2 Å². The smallest absolute Gasteiger partial charge is 0.329 e. The van der Waals surface area contributed by atoms with Gasteiger partial charge < -0.3 is 10.1 Å². The quantitative estimate of drug-likeness (QED) is 0.288. The van der Waals surface area contributed by atoms with Crippen LogP contribution < -0.4 is 10.1 Å². The molecular formula is C20H18BrN3O5. The third-order valence-corrected chi connectivity index (χ3v) is 4.72. The number of nitrogens with one attached hydrogen (secondary N) is 1. The molecule has 3 rings (SSSR count). The number of halogens is 1. The molecule has 0 spiro atoms. The van der Waals surface area contributed by atoms with Gasteiger partial charge in [-0.25, -0.2) is 4.79 Å². The predicted octanol–water partition coefficient (Wildman–Crippen LogP) is 4.24. The van der Waals surface area contributed by atoms with Gasteiger partial charge in [-0.05, 0) is 48.4 Å². The second-order valence-corrected chi connectivity index (χ2v) is 7.26. The summed E-state index contributed by atoms with van der Waals surface area (Å²) >= 11 is 3.40. The van der Waals surface area contributed by atoms with Crippen molar-refractivity contribution in [3.05, 3.63) is 73.9 Å². The van der Waals surface area contributed by atoms with Crippen molar-refractivity contribution < 1.29 is 19.2 Å². The minimum atomic E-state index is -0.460. The number of nitrogens with zero attached hydrogens (tertiary/aromatic N) is 2. The summed E-state index contributed by atoms with van der Waals surface area (Å²) in [5, 5.41) is 13.3. The van der Waals surface area contributed by atoms with E-state index in [4.69, 9.17) is 4.74 Å². The first-order valence-corrected chi connectivity index (χ1v) is 9.68. The highest BCUT2D eigenvalue weighted by atomic mass is 79.9. The molecular weight excluding hydrogens is 442 g/mol. The van der Waals surface area contributed by atoms with Crippen molar-refractivity contribution in [2.75, 3.05) is 6.54 Å². The van der Waals surface area contributed by atoms with Gasteiger partial charge >= 0.3 is 6.03 Å². The van der Waals surface area contributed by atoms with E-state index in [9.17, 15) is 19.7 Å². The molecule has 0 radical (unpaired) electrons. The molecule has 0 atom stereocenters. The lowest BCUT2D eigenvalue weighted by Crippen LogP contribution is -2.31. The molecule has 1 aliphatic heterocycles. The van der Waals surface area contributed by atoms with Crippen LogP contribution in [0.3, 0.4) is 0 Å². The van der Waals surface area contributed by atoms with Gasteiger partial charge in [0.1, 0.15) is 18.1 Å². The van der Waals surface area contributed by atoms with Gasteiger partial charge in [0.05, 0.1) is 4.92 Å². The van der Waals surface area contributed by atoms with Crippen molar-refractivity contribution in [1.82, 2.24) is 10.2 Å². The molecule has 9 heteroatoms. The van der Waals surface area contributed by atoms with Crippen LogP contribution in [0.1, 0.15) is 24.5 Å². The third kappa shape index (κ3) is 4.80. The number of carbonyl (C=O) groups is 2. The Hall–Kier alpha value is -3.20. The highest BCUT2D eigenvalue weighted by Gasteiger charge is 2.32. The highest BCUT2D eigenvalue weighted by Crippen LogP contribution is 2.27. The van der Waals surface area contributed by atoms with Gasteiger partial charge in [0, 0.05) is 28.7 Å². The van der Waals surface area contributed by atoms with Crippen molar-refractivity contribution in [1.29, 1.82) is 0 Å². The van der Waals surface area contributed by atoms with E-state index in [-0.39, 0.29) is 23.9 Å². The maximum absolute atomic E-state index is 12.4. The molecule has 0 bridgehead atoms. The Bertz CT molecular complexity index is 988. The van der Waals surface area contributed by atoms with Crippen molar-refractivity contribution in [2.24, 2.45) is 0 Å². The molecule has 150 valence electrons. The summed E-state index contributed by atoms with van der Waals surface area (Å²) in [6.45, 7) is 2.43. The van der Waals surface area contributed by atoms with E-state index in [0.717, 1.165) is 10.0 Å². The summed E-state index contributed by atoms with van der Waals surface area (Å²) < 4.78 is 6.64. The lowest BCUT2D eigenvalue weighted by atomic mass is 10.1.